The molecule has 2 atom stereocenters. The average Bonchev–Trinajstić information content (AvgIpc) is 2.54. The highest BCUT2D eigenvalue weighted by Gasteiger charge is 2.32. The predicted molar refractivity (Wildman–Crippen MR) is 80.8 cm³/mol. The van der Waals surface area contributed by atoms with Crippen LogP contribution in [0.1, 0.15) is 39.5 Å². The Kier molecular flexibility index (Phi) is 6.03. The number of likely N-dealkylation sites (tertiary alicyclic amines) is 1. The van der Waals surface area contributed by atoms with Gasteiger partial charge in [0.2, 0.25) is 11.8 Å². The highest BCUT2D eigenvalue weighted by molar-refractivity contribution is 5.82. The molecule has 0 N–H and O–H groups in total. The lowest BCUT2D eigenvalue weighted by Crippen LogP contribution is -2.50. The summed E-state index contributed by atoms with van der Waals surface area (Å²) >= 11 is 0. The summed E-state index contributed by atoms with van der Waals surface area (Å²) in [6.07, 6.45) is 3.79. The van der Waals surface area contributed by atoms with Crippen molar-refractivity contribution < 1.29 is 14.3 Å². The first-order valence-corrected chi connectivity index (χ1v) is 8.28. The van der Waals surface area contributed by atoms with Gasteiger partial charge >= 0.3 is 0 Å². The fourth-order valence-electron chi connectivity index (χ4n) is 3.29. The highest BCUT2D eigenvalue weighted by atomic mass is 16.5. The zero-order valence-electron chi connectivity index (χ0n) is 13.3. The molecule has 0 aromatic heterocycles. The van der Waals surface area contributed by atoms with E-state index in [1.807, 2.05) is 16.7 Å². The maximum Gasteiger partial charge on any atom is 0.227 e. The third kappa shape index (κ3) is 4.19. The van der Waals surface area contributed by atoms with E-state index in [1.165, 1.54) is 0 Å². The maximum absolute atomic E-state index is 12.5. The molecule has 0 saturated carbocycles. The minimum Gasteiger partial charge on any atom is -0.378 e. The monoisotopic (exact) mass is 296 g/mol. The van der Waals surface area contributed by atoms with Crippen molar-refractivity contribution in [2.45, 2.75) is 39.5 Å². The SMILES string of the molecule is CCCC(C)C(=O)N1CCCC(C(=O)N2CCOCC2)C1. The van der Waals surface area contributed by atoms with Gasteiger partial charge in [-0.3, -0.25) is 9.59 Å². The largest absolute Gasteiger partial charge is 0.378 e. The summed E-state index contributed by atoms with van der Waals surface area (Å²) in [5.74, 6) is 0.483. The Bertz CT molecular complexity index is 367. The molecular formula is C16H28N2O3. The molecule has 0 aliphatic carbocycles. The molecule has 21 heavy (non-hydrogen) atoms. The molecule has 0 radical (unpaired) electrons. The number of hydrogen-bond donors (Lipinski definition) is 0. The van der Waals surface area contributed by atoms with E-state index >= 15 is 0 Å². The summed E-state index contributed by atoms with van der Waals surface area (Å²) in [6, 6.07) is 0. The van der Waals surface area contributed by atoms with Crippen LogP contribution in [0.3, 0.4) is 0 Å². The number of carbonyl (C=O) groups excluding carboxylic acids is 2. The summed E-state index contributed by atoms with van der Waals surface area (Å²) in [5, 5.41) is 0. The van der Waals surface area contributed by atoms with E-state index in [-0.39, 0.29) is 23.7 Å². The molecule has 0 aromatic rings. The van der Waals surface area contributed by atoms with Gasteiger partial charge in [-0.2, -0.15) is 0 Å². The van der Waals surface area contributed by atoms with Gasteiger partial charge in [0.1, 0.15) is 0 Å². The normalized spacial score (nSPS) is 24.8. The van der Waals surface area contributed by atoms with Gasteiger partial charge in [0.25, 0.3) is 0 Å². The van der Waals surface area contributed by atoms with Crippen LogP contribution in [0.4, 0.5) is 0 Å². The number of nitrogens with zero attached hydrogens (tertiary/aromatic N) is 2. The van der Waals surface area contributed by atoms with Crippen molar-refractivity contribution in [2.75, 3.05) is 39.4 Å². The Morgan fingerprint density at radius 1 is 1.19 bits per heavy atom. The Hall–Kier alpha value is -1.10. The van der Waals surface area contributed by atoms with Crippen LogP contribution >= 0.6 is 0 Å². The van der Waals surface area contributed by atoms with Crippen LogP contribution in [0.5, 0.6) is 0 Å². The molecule has 0 bridgehead atoms. The molecule has 2 fully saturated rings. The molecular weight excluding hydrogens is 268 g/mol. The first-order chi connectivity index (χ1) is 10.1. The molecule has 2 aliphatic heterocycles. The molecule has 2 rings (SSSR count). The van der Waals surface area contributed by atoms with Gasteiger partial charge in [0.15, 0.2) is 0 Å². The van der Waals surface area contributed by atoms with Gasteiger partial charge in [-0.05, 0) is 19.3 Å². The second-order valence-electron chi connectivity index (χ2n) is 6.25. The first kappa shape index (κ1) is 16.3. The molecule has 5 heteroatoms. The lowest BCUT2D eigenvalue weighted by Gasteiger charge is -2.37. The summed E-state index contributed by atoms with van der Waals surface area (Å²) in [6.45, 7) is 8.15. The molecule has 120 valence electrons. The van der Waals surface area contributed by atoms with E-state index in [9.17, 15) is 9.59 Å². The molecule has 2 unspecified atom stereocenters. The predicted octanol–water partition coefficient (Wildman–Crippen LogP) is 1.52. The average molecular weight is 296 g/mol. The van der Waals surface area contributed by atoms with Gasteiger partial charge in [-0.1, -0.05) is 20.3 Å². The van der Waals surface area contributed by atoms with E-state index in [4.69, 9.17) is 4.74 Å². The van der Waals surface area contributed by atoms with Crippen molar-refractivity contribution in [3.63, 3.8) is 0 Å². The van der Waals surface area contributed by atoms with Crippen molar-refractivity contribution in [3.8, 4) is 0 Å². The molecule has 0 aromatic carbocycles. The van der Waals surface area contributed by atoms with Gasteiger partial charge in [-0.15, -0.1) is 0 Å². The van der Waals surface area contributed by atoms with E-state index in [1.54, 1.807) is 0 Å². The fourth-order valence-corrected chi connectivity index (χ4v) is 3.29. The smallest absolute Gasteiger partial charge is 0.227 e. The van der Waals surface area contributed by atoms with Crippen LogP contribution in [0.2, 0.25) is 0 Å². The molecule has 2 aliphatic rings. The minimum absolute atomic E-state index is 0.0189. The molecule has 2 heterocycles. The summed E-state index contributed by atoms with van der Waals surface area (Å²) in [4.78, 5) is 28.8. The van der Waals surface area contributed by atoms with Crippen LogP contribution < -0.4 is 0 Å². The topological polar surface area (TPSA) is 49.9 Å². The molecule has 0 spiro atoms. The van der Waals surface area contributed by atoms with Crippen LogP contribution in [0.25, 0.3) is 0 Å². The van der Waals surface area contributed by atoms with E-state index in [0.29, 0.717) is 32.8 Å². The summed E-state index contributed by atoms with van der Waals surface area (Å²) in [7, 11) is 0. The van der Waals surface area contributed by atoms with Crippen molar-refractivity contribution in [2.24, 2.45) is 11.8 Å². The van der Waals surface area contributed by atoms with E-state index in [0.717, 1.165) is 32.2 Å². The number of ether oxygens (including phenoxy) is 1. The maximum atomic E-state index is 12.5. The van der Waals surface area contributed by atoms with Gasteiger partial charge in [0, 0.05) is 32.1 Å². The van der Waals surface area contributed by atoms with Crippen molar-refractivity contribution in [1.82, 2.24) is 9.80 Å². The Labute approximate surface area is 127 Å². The van der Waals surface area contributed by atoms with E-state index in [2.05, 4.69) is 6.92 Å². The Morgan fingerprint density at radius 3 is 2.57 bits per heavy atom. The molecule has 2 amide bonds. The van der Waals surface area contributed by atoms with Gasteiger partial charge in [0.05, 0.1) is 19.1 Å². The third-order valence-corrected chi connectivity index (χ3v) is 4.55. The van der Waals surface area contributed by atoms with Crippen LogP contribution in [0.15, 0.2) is 0 Å². The van der Waals surface area contributed by atoms with Crippen LogP contribution in [-0.4, -0.2) is 61.0 Å². The minimum atomic E-state index is -0.0189. The van der Waals surface area contributed by atoms with Crippen molar-refractivity contribution in [3.05, 3.63) is 0 Å². The molecule has 5 nitrogen and oxygen atoms in total. The first-order valence-electron chi connectivity index (χ1n) is 8.28. The van der Waals surface area contributed by atoms with Crippen LogP contribution in [0, 0.1) is 11.8 Å². The summed E-state index contributed by atoms with van der Waals surface area (Å²) < 4.78 is 5.30. The Morgan fingerprint density at radius 2 is 1.90 bits per heavy atom. The zero-order chi connectivity index (χ0) is 15.2. The van der Waals surface area contributed by atoms with Crippen molar-refractivity contribution in [1.29, 1.82) is 0 Å². The fraction of sp³-hybridized carbons (Fsp3) is 0.875. The number of hydrogen-bond acceptors (Lipinski definition) is 3. The standard InChI is InChI=1S/C16H28N2O3/c1-3-5-13(2)15(19)18-7-4-6-14(12-18)16(20)17-8-10-21-11-9-17/h13-14H,3-12H2,1-2H3. The number of morpholine rings is 1. The molecule has 2 saturated heterocycles. The second-order valence-corrected chi connectivity index (χ2v) is 6.25. The number of piperidine rings is 1. The van der Waals surface area contributed by atoms with Gasteiger partial charge < -0.3 is 14.5 Å². The van der Waals surface area contributed by atoms with Crippen molar-refractivity contribution >= 4 is 11.8 Å². The third-order valence-electron chi connectivity index (χ3n) is 4.55. The van der Waals surface area contributed by atoms with E-state index < -0.39 is 0 Å². The van der Waals surface area contributed by atoms with Gasteiger partial charge in [-0.25, -0.2) is 0 Å². The Balaban J connectivity index is 1.90. The lowest BCUT2D eigenvalue weighted by molar-refractivity contribution is -0.145. The number of carbonyl (C=O) groups is 2. The second kappa shape index (κ2) is 7.78. The highest BCUT2D eigenvalue weighted by Crippen LogP contribution is 2.22. The lowest BCUT2D eigenvalue weighted by atomic mass is 9.94. The quantitative estimate of drug-likeness (QED) is 0.790. The zero-order valence-corrected chi connectivity index (χ0v) is 13.3. The van der Waals surface area contributed by atoms with Crippen LogP contribution in [-0.2, 0) is 14.3 Å². The summed E-state index contributed by atoms with van der Waals surface area (Å²) in [5.41, 5.74) is 0. The number of rotatable bonds is 4. The number of amides is 2.